The highest BCUT2D eigenvalue weighted by Gasteiger charge is 2.06. The predicted octanol–water partition coefficient (Wildman–Crippen LogP) is 5.30. The number of hydrogen-bond donors (Lipinski definition) is 3. The van der Waals surface area contributed by atoms with Gasteiger partial charge in [-0.25, -0.2) is 0 Å². The van der Waals surface area contributed by atoms with Crippen LogP contribution in [0.25, 0.3) is 0 Å². The summed E-state index contributed by atoms with van der Waals surface area (Å²) >= 11 is 7.63. The molecular formula is C20H18ClNO2S. The minimum absolute atomic E-state index is 0.103. The molecular weight excluding hydrogens is 354 g/mol. The maximum Gasteiger partial charge on any atom is 0.121 e. The molecule has 0 heterocycles. The molecule has 5 heteroatoms. The number of nitrogens with one attached hydrogen (secondary N) is 1. The van der Waals surface area contributed by atoms with Gasteiger partial charge in [0.2, 0.25) is 0 Å². The Balaban J connectivity index is 1.73. The van der Waals surface area contributed by atoms with E-state index in [-0.39, 0.29) is 12.4 Å². The summed E-state index contributed by atoms with van der Waals surface area (Å²) in [5.74, 6) is 0.103. The van der Waals surface area contributed by atoms with Crippen molar-refractivity contribution in [2.24, 2.45) is 0 Å². The van der Waals surface area contributed by atoms with Gasteiger partial charge in [0, 0.05) is 32.6 Å². The van der Waals surface area contributed by atoms with Crippen LogP contribution in [-0.2, 0) is 13.2 Å². The van der Waals surface area contributed by atoms with Gasteiger partial charge in [0.05, 0.1) is 6.61 Å². The summed E-state index contributed by atoms with van der Waals surface area (Å²) in [5, 5.41) is 23.0. The van der Waals surface area contributed by atoms with Crippen LogP contribution in [-0.4, -0.2) is 10.2 Å². The molecule has 0 aliphatic rings. The minimum Gasteiger partial charge on any atom is -0.508 e. The molecule has 3 nitrogen and oxygen atoms in total. The highest BCUT2D eigenvalue weighted by Crippen LogP contribution is 2.31. The molecule has 0 saturated heterocycles. The number of anilines is 1. The van der Waals surface area contributed by atoms with E-state index in [9.17, 15) is 10.2 Å². The smallest absolute Gasteiger partial charge is 0.121 e. The van der Waals surface area contributed by atoms with Gasteiger partial charge in [0.15, 0.2) is 0 Å². The van der Waals surface area contributed by atoms with E-state index >= 15 is 0 Å². The van der Waals surface area contributed by atoms with Crippen molar-refractivity contribution >= 4 is 29.1 Å². The number of phenols is 1. The number of benzene rings is 3. The molecule has 0 spiro atoms. The van der Waals surface area contributed by atoms with Gasteiger partial charge in [0.1, 0.15) is 5.75 Å². The second-order valence-corrected chi connectivity index (χ2v) is 7.07. The Kier molecular flexibility index (Phi) is 5.87. The van der Waals surface area contributed by atoms with Gasteiger partial charge in [-0.1, -0.05) is 41.6 Å². The minimum atomic E-state index is -0.190. The Hall–Kier alpha value is -2.14. The zero-order valence-electron chi connectivity index (χ0n) is 13.4. The molecule has 0 aromatic heterocycles. The quantitative estimate of drug-likeness (QED) is 0.514. The van der Waals surface area contributed by atoms with Gasteiger partial charge in [-0.05, 0) is 54.1 Å². The average Bonchev–Trinajstić information content (AvgIpc) is 2.64. The molecule has 3 rings (SSSR count). The molecule has 0 bridgehead atoms. The molecule has 3 aromatic carbocycles. The van der Waals surface area contributed by atoms with Gasteiger partial charge in [-0.15, -0.1) is 0 Å². The van der Waals surface area contributed by atoms with Gasteiger partial charge >= 0.3 is 0 Å². The van der Waals surface area contributed by atoms with Gasteiger partial charge < -0.3 is 15.5 Å². The first-order valence-electron chi connectivity index (χ1n) is 7.83. The highest BCUT2D eigenvalue weighted by atomic mass is 35.5. The van der Waals surface area contributed by atoms with E-state index in [1.54, 1.807) is 30.0 Å². The first-order valence-corrected chi connectivity index (χ1v) is 9.03. The second kappa shape index (κ2) is 8.30. The van der Waals surface area contributed by atoms with Crippen LogP contribution in [0, 0.1) is 0 Å². The molecule has 0 aliphatic heterocycles. The lowest BCUT2D eigenvalue weighted by atomic mass is 10.1. The molecule has 0 atom stereocenters. The third-order valence-corrected chi connectivity index (χ3v) is 5.12. The van der Waals surface area contributed by atoms with Crippen molar-refractivity contribution in [1.29, 1.82) is 0 Å². The lowest BCUT2D eigenvalue weighted by Crippen LogP contribution is -2.01. The SMILES string of the molecule is OCc1cc(NCc2ccccc2Sc2ccc(Cl)cc2)ccc1O. The van der Waals surface area contributed by atoms with Crippen LogP contribution in [0.4, 0.5) is 5.69 Å². The van der Waals surface area contributed by atoms with Crippen molar-refractivity contribution in [3.05, 3.63) is 82.9 Å². The Bertz CT molecular complexity index is 853. The molecule has 0 fully saturated rings. The van der Waals surface area contributed by atoms with Crippen molar-refractivity contribution in [2.75, 3.05) is 5.32 Å². The molecule has 3 N–H and O–H groups in total. The molecule has 0 amide bonds. The van der Waals surface area contributed by atoms with Gasteiger partial charge in [-0.2, -0.15) is 0 Å². The number of aliphatic hydroxyl groups is 1. The van der Waals surface area contributed by atoms with Crippen molar-refractivity contribution in [3.63, 3.8) is 0 Å². The van der Waals surface area contributed by atoms with Crippen LogP contribution in [0.3, 0.4) is 0 Å². The van der Waals surface area contributed by atoms with Crippen LogP contribution in [0.15, 0.2) is 76.5 Å². The van der Waals surface area contributed by atoms with Crippen LogP contribution in [0.2, 0.25) is 5.02 Å². The molecule has 0 radical (unpaired) electrons. The maximum absolute atomic E-state index is 9.65. The second-order valence-electron chi connectivity index (χ2n) is 5.52. The Morgan fingerprint density at radius 2 is 1.68 bits per heavy atom. The number of aliphatic hydroxyl groups excluding tert-OH is 1. The van der Waals surface area contributed by atoms with Gasteiger partial charge in [0.25, 0.3) is 0 Å². The van der Waals surface area contributed by atoms with Crippen molar-refractivity contribution in [1.82, 2.24) is 0 Å². The zero-order valence-corrected chi connectivity index (χ0v) is 15.0. The van der Waals surface area contributed by atoms with Crippen LogP contribution < -0.4 is 5.32 Å². The van der Waals surface area contributed by atoms with Crippen LogP contribution >= 0.6 is 23.4 Å². The summed E-state index contributed by atoms with van der Waals surface area (Å²) in [5.41, 5.74) is 2.53. The summed E-state index contributed by atoms with van der Waals surface area (Å²) in [4.78, 5) is 2.29. The fourth-order valence-electron chi connectivity index (χ4n) is 2.40. The third kappa shape index (κ3) is 4.69. The van der Waals surface area contributed by atoms with E-state index in [4.69, 9.17) is 11.6 Å². The van der Waals surface area contributed by atoms with Crippen LogP contribution in [0.5, 0.6) is 5.75 Å². The number of halogens is 1. The van der Waals surface area contributed by atoms with Crippen molar-refractivity contribution < 1.29 is 10.2 Å². The molecule has 0 aliphatic carbocycles. The molecule has 0 unspecified atom stereocenters. The number of rotatable bonds is 6. The fraction of sp³-hybridized carbons (Fsp3) is 0.100. The lowest BCUT2D eigenvalue weighted by Gasteiger charge is -2.12. The van der Waals surface area contributed by atoms with E-state index < -0.39 is 0 Å². The largest absolute Gasteiger partial charge is 0.508 e. The standard InChI is InChI=1S/C20H18ClNO2S/c21-16-5-8-18(9-6-16)25-20-4-2-1-3-14(20)12-22-17-7-10-19(24)15(11-17)13-23/h1-11,22-24H,12-13H2. The first kappa shape index (κ1) is 17.7. The summed E-state index contributed by atoms with van der Waals surface area (Å²) in [6, 6.07) is 21.1. The van der Waals surface area contributed by atoms with Crippen LogP contribution in [0.1, 0.15) is 11.1 Å². The van der Waals surface area contributed by atoms with Crippen molar-refractivity contribution in [2.45, 2.75) is 22.9 Å². The highest BCUT2D eigenvalue weighted by molar-refractivity contribution is 7.99. The molecule has 3 aromatic rings. The van der Waals surface area contributed by atoms with E-state index in [0.717, 1.165) is 15.6 Å². The van der Waals surface area contributed by atoms with Crippen molar-refractivity contribution in [3.8, 4) is 5.75 Å². The average molecular weight is 372 g/mol. The predicted molar refractivity (Wildman–Crippen MR) is 103 cm³/mol. The lowest BCUT2D eigenvalue weighted by molar-refractivity contribution is 0.275. The molecule has 0 saturated carbocycles. The van der Waals surface area contributed by atoms with E-state index in [1.807, 2.05) is 36.4 Å². The number of aromatic hydroxyl groups is 1. The Labute approximate surface area is 156 Å². The zero-order chi connectivity index (χ0) is 17.6. The van der Waals surface area contributed by atoms with E-state index in [0.29, 0.717) is 12.1 Å². The molecule has 128 valence electrons. The third-order valence-electron chi connectivity index (χ3n) is 3.75. The summed E-state index contributed by atoms with van der Waals surface area (Å²) < 4.78 is 0. The Morgan fingerprint density at radius 3 is 2.44 bits per heavy atom. The topological polar surface area (TPSA) is 52.5 Å². The normalized spacial score (nSPS) is 10.6. The summed E-state index contributed by atoms with van der Waals surface area (Å²) in [6.45, 7) is 0.455. The number of hydrogen-bond acceptors (Lipinski definition) is 4. The molecule has 25 heavy (non-hydrogen) atoms. The summed E-state index contributed by atoms with van der Waals surface area (Å²) in [7, 11) is 0. The Morgan fingerprint density at radius 1 is 0.920 bits per heavy atom. The van der Waals surface area contributed by atoms with Gasteiger partial charge in [-0.3, -0.25) is 0 Å². The van der Waals surface area contributed by atoms with E-state index in [1.165, 1.54) is 10.5 Å². The van der Waals surface area contributed by atoms with E-state index in [2.05, 4.69) is 17.4 Å². The monoisotopic (exact) mass is 371 g/mol. The fourth-order valence-corrected chi connectivity index (χ4v) is 3.47. The summed E-state index contributed by atoms with van der Waals surface area (Å²) in [6.07, 6.45) is 0. The maximum atomic E-state index is 9.65. The first-order chi connectivity index (χ1) is 12.2.